The average molecular weight is 315 g/mol. The number of rotatable bonds is 6. The van der Waals surface area contributed by atoms with Crippen molar-refractivity contribution in [2.24, 2.45) is 0 Å². The fourth-order valence-electron chi connectivity index (χ4n) is 2.75. The number of aldehydes is 1. The van der Waals surface area contributed by atoms with E-state index in [0.717, 1.165) is 51.1 Å². The van der Waals surface area contributed by atoms with E-state index in [9.17, 15) is 9.59 Å². The monoisotopic (exact) mass is 315 g/mol. The lowest BCUT2D eigenvalue weighted by Gasteiger charge is -2.35. The number of carbonyl (C=O) groups excluding carboxylic acids is 2. The first-order valence-corrected chi connectivity index (χ1v) is 8.04. The first kappa shape index (κ1) is 17.1. The summed E-state index contributed by atoms with van der Waals surface area (Å²) < 4.78 is 0. The molecule has 5 nitrogen and oxygen atoms in total. The van der Waals surface area contributed by atoms with Crippen molar-refractivity contribution in [1.29, 1.82) is 0 Å². The first-order valence-electron chi connectivity index (χ1n) is 8.04. The molecule has 1 heterocycles. The molecule has 0 saturated carbocycles. The van der Waals surface area contributed by atoms with Gasteiger partial charge in [0.1, 0.15) is 6.29 Å². The van der Waals surface area contributed by atoms with E-state index < -0.39 is 0 Å². The maximum Gasteiger partial charge on any atom is 0.219 e. The van der Waals surface area contributed by atoms with E-state index >= 15 is 0 Å². The van der Waals surface area contributed by atoms with Crippen molar-refractivity contribution in [3.63, 3.8) is 0 Å². The Balaban J connectivity index is 1.88. The number of hydrogen-bond acceptors (Lipinski definition) is 4. The Hall–Kier alpha value is -2.30. The Labute approximate surface area is 138 Å². The molecule has 1 saturated heterocycles. The molecule has 0 bridgehead atoms. The quantitative estimate of drug-likeness (QED) is 0.594. The van der Waals surface area contributed by atoms with E-state index in [0.29, 0.717) is 0 Å². The Morgan fingerprint density at radius 1 is 1.17 bits per heavy atom. The third-order valence-corrected chi connectivity index (χ3v) is 4.23. The highest BCUT2D eigenvalue weighted by molar-refractivity contribution is 5.73. The van der Waals surface area contributed by atoms with Crippen molar-refractivity contribution in [2.75, 3.05) is 49.6 Å². The molecule has 1 fully saturated rings. The molecule has 0 aliphatic carbocycles. The molecule has 0 atom stereocenters. The van der Waals surface area contributed by atoms with Crippen molar-refractivity contribution in [3.05, 3.63) is 36.4 Å². The molecule has 1 aliphatic rings. The number of benzene rings is 1. The van der Waals surface area contributed by atoms with Crippen molar-refractivity contribution in [2.45, 2.75) is 13.3 Å². The summed E-state index contributed by atoms with van der Waals surface area (Å²) >= 11 is 0. The Kier molecular flexibility index (Phi) is 6.20. The number of anilines is 2. The van der Waals surface area contributed by atoms with Crippen LogP contribution in [0.1, 0.15) is 13.3 Å². The lowest BCUT2D eigenvalue weighted by Crippen LogP contribution is -2.48. The molecule has 1 aliphatic heterocycles. The van der Waals surface area contributed by atoms with Gasteiger partial charge >= 0.3 is 0 Å². The van der Waals surface area contributed by atoms with Crippen LogP contribution in [0.25, 0.3) is 0 Å². The summed E-state index contributed by atoms with van der Waals surface area (Å²) in [6, 6.07) is 8.51. The highest BCUT2D eigenvalue weighted by Crippen LogP contribution is 2.21. The molecule has 0 aromatic heterocycles. The Morgan fingerprint density at radius 3 is 2.39 bits per heavy atom. The summed E-state index contributed by atoms with van der Waals surface area (Å²) in [6.45, 7) is 5.85. The second kappa shape index (κ2) is 8.36. The topological polar surface area (TPSA) is 43.9 Å². The van der Waals surface area contributed by atoms with Gasteiger partial charge in [-0.15, -0.1) is 0 Å². The van der Waals surface area contributed by atoms with Crippen LogP contribution < -0.4 is 9.80 Å². The predicted molar refractivity (Wildman–Crippen MR) is 94.0 cm³/mol. The molecule has 1 aromatic carbocycles. The molecule has 5 heteroatoms. The maximum atomic E-state index is 11.4. The zero-order chi connectivity index (χ0) is 16.7. The molecule has 0 radical (unpaired) electrons. The molecular formula is C18H25N3O2. The smallest absolute Gasteiger partial charge is 0.219 e. The number of carbonyl (C=O) groups is 2. The molecule has 1 amide bonds. The average Bonchev–Trinajstić information content (AvgIpc) is 2.59. The van der Waals surface area contributed by atoms with Gasteiger partial charge in [0.25, 0.3) is 0 Å². The van der Waals surface area contributed by atoms with E-state index in [-0.39, 0.29) is 5.91 Å². The van der Waals surface area contributed by atoms with Gasteiger partial charge in [0, 0.05) is 58.1 Å². The maximum absolute atomic E-state index is 11.4. The lowest BCUT2D eigenvalue weighted by molar-refractivity contribution is -0.129. The van der Waals surface area contributed by atoms with Crippen LogP contribution in [0.2, 0.25) is 0 Å². The standard InChI is InChI=1S/C18H25N3O2/c1-16(23)20-11-13-21(14-12-20)18-8-6-17(7-9-18)19(2)10-4-3-5-15-22/h3,5-9,15H,4,10-14H2,1-2H3/b5-3-. The van der Waals surface area contributed by atoms with Gasteiger partial charge in [-0.3, -0.25) is 9.59 Å². The van der Waals surface area contributed by atoms with E-state index in [1.165, 1.54) is 11.8 Å². The second-order valence-electron chi connectivity index (χ2n) is 5.78. The largest absolute Gasteiger partial charge is 0.374 e. The molecule has 0 N–H and O–H groups in total. The molecule has 0 unspecified atom stereocenters. The minimum Gasteiger partial charge on any atom is -0.374 e. The van der Waals surface area contributed by atoms with Gasteiger partial charge in [0.05, 0.1) is 0 Å². The van der Waals surface area contributed by atoms with Gasteiger partial charge in [-0.2, -0.15) is 0 Å². The van der Waals surface area contributed by atoms with E-state index in [1.54, 1.807) is 6.92 Å². The number of amides is 1. The van der Waals surface area contributed by atoms with Gasteiger partial charge in [-0.05, 0) is 36.8 Å². The van der Waals surface area contributed by atoms with Crippen LogP contribution in [0.3, 0.4) is 0 Å². The van der Waals surface area contributed by atoms with Gasteiger partial charge in [-0.25, -0.2) is 0 Å². The minimum atomic E-state index is 0.158. The highest BCUT2D eigenvalue weighted by atomic mass is 16.2. The van der Waals surface area contributed by atoms with Crippen LogP contribution in [-0.4, -0.2) is 56.9 Å². The molecule has 23 heavy (non-hydrogen) atoms. The summed E-state index contributed by atoms with van der Waals surface area (Å²) in [5.74, 6) is 0.158. The first-order chi connectivity index (χ1) is 11.1. The zero-order valence-corrected chi connectivity index (χ0v) is 13.9. The van der Waals surface area contributed by atoms with Crippen LogP contribution in [0.5, 0.6) is 0 Å². The van der Waals surface area contributed by atoms with Crippen molar-refractivity contribution in [3.8, 4) is 0 Å². The lowest BCUT2D eigenvalue weighted by atomic mass is 10.2. The summed E-state index contributed by atoms with van der Waals surface area (Å²) in [6.07, 6.45) is 5.08. The molecule has 1 aromatic rings. The summed E-state index contributed by atoms with van der Waals surface area (Å²) in [4.78, 5) is 28.0. The third-order valence-electron chi connectivity index (χ3n) is 4.23. The highest BCUT2D eigenvalue weighted by Gasteiger charge is 2.18. The predicted octanol–water partition coefficient (Wildman–Crippen LogP) is 1.94. The fraction of sp³-hybridized carbons (Fsp3) is 0.444. The SMILES string of the molecule is CC(=O)N1CCN(c2ccc(N(C)CC/C=C\C=O)cc2)CC1. The number of hydrogen-bond donors (Lipinski definition) is 0. The van der Waals surface area contributed by atoms with Gasteiger partial charge in [0.2, 0.25) is 5.91 Å². The Morgan fingerprint density at radius 2 is 1.83 bits per heavy atom. The van der Waals surface area contributed by atoms with E-state index in [1.807, 2.05) is 11.0 Å². The summed E-state index contributed by atoms with van der Waals surface area (Å²) in [7, 11) is 2.05. The number of piperazine rings is 1. The van der Waals surface area contributed by atoms with Crippen LogP contribution in [-0.2, 0) is 9.59 Å². The zero-order valence-electron chi connectivity index (χ0n) is 13.9. The second-order valence-corrected chi connectivity index (χ2v) is 5.78. The van der Waals surface area contributed by atoms with Gasteiger partial charge < -0.3 is 14.7 Å². The molecule has 0 spiro atoms. The van der Waals surface area contributed by atoms with Crippen molar-refractivity contribution in [1.82, 2.24) is 4.90 Å². The van der Waals surface area contributed by atoms with Gasteiger partial charge in [0.15, 0.2) is 0 Å². The van der Waals surface area contributed by atoms with Crippen LogP contribution >= 0.6 is 0 Å². The number of nitrogens with zero attached hydrogens (tertiary/aromatic N) is 3. The summed E-state index contributed by atoms with van der Waals surface area (Å²) in [5.41, 5.74) is 2.36. The summed E-state index contributed by atoms with van der Waals surface area (Å²) in [5, 5.41) is 0. The molecule has 2 rings (SSSR count). The van der Waals surface area contributed by atoms with Crippen molar-refractivity contribution >= 4 is 23.6 Å². The third kappa shape index (κ3) is 4.84. The Bertz CT molecular complexity index is 546. The van der Waals surface area contributed by atoms with Crippen LogP contribution in [0, 0.1) is 0 Å². The molecular weight excluding hydrogens is 290 g/mol. The molecule has 124 valence electrons. The van der Waals surface area contributed by atoms with E-state index in [2.05, 4.69) is 41.1 Å². The number of allylic oxidation sites excluding steroid dienone is 1. The fourth-order valence-corrected chi connectivity index (χ4v) is 2.75. The van der Waals surface area contributed by atoms with E-state index in [4.69, 9.17) is 0 Å². The minimum absolute atomic E-state index is 0.158. The normalized spacial score (nSPS) is 15.0. The van der Waals surface area contributed by atoms with Crippen molar-refractivity contribution < 1.29 is 9.59 Å². The van der Waals surface area contributed by atoms with Crippen LogP contribution in [0.15, 0.2) is 36.4 Å². The van der Waals surface area contributed by atoms with Gasteiger partial charge in [-0.1, -0.05) is 6.08 Å². The van der Waals surface area contributed by atoms with Crippen LogP contribution in [0.4, 0.5) is 11.4 Å².